The molecular weight excluding hydrogens is 327 g/mol. The van der Waals surface area contributed by atoms with Crippen molar-refractivity contribution in [3.63, 3.8) is 0 Å². The molecule has 2 heterocycles. The number of nitrogens with zero attached hydrogens (tertiary/aromatic N) is 4. The molecule has 0 amide bonds. The van der Waals surface area contributed by atoms with Crippen molar-refractivity contribution >= 4 is 5.96 Å². The largest absolute Gasteiger partial charge is 0.467 e. The lowest BCUT2D eigenvalue weighted by Gasteiger charge is -2.21. The van der Waals surface area contributed by atoms with E-state index in [0.717, 1.165) is 22.7 Å². The summed E-state index contributed by atoms with van der Waals surface area (Å²) >= 11 is 0. The van der Waals surface area contributed by atoms with Crippen molar-refractivity contribution in [3.8, 4) is 5.75 Å². The third kappa shape index (κ3) is 4.24. The quantitative estimate of drug-likeness (QED) is 0.612. The van der Waals surface area contributed by atoms with Crippen LogP contribution in [0.2, 0.25) is 0 Å². The highest BCUT2D eigenvalue weighted by Gasteiger charge is 2.16. The van der Waals surface area contributed by atoms with Gasteiger partial charge in [-0.3, -0.25) is 9.67 Å². The molecule has 0 fully saturated rings. The van der Waals surface area contributed by atoms with E-state index in [-0.39, 0.29) is 12.6 Å². The molecule has 3 rings (SSSR count). The van der Waals surface area contributed by atoms with E-state index in [1.165, 1.54) is 18.5 Å². The van der Waals surface area contributed by atoms with Gasteiger partial charge in [0.15, 0.2) is 12.8 Å². The van der Waals surface area contributed by atoms with Gasteiger partial charge in [0.25, 0.3) is 0 Å². The lowest BCUT2D eigenvalue weighted by molar-refractivity contribution is -0.0172. The summed E-state index contributed by atoms with van der Waals surface area (Å²) < 4.78 is 26.2. The van der Waals surface area contributed by atoms with Gasteiger partial charge in [0, 0.05) is 26.2 Å². The predicted molar refractivity (Wildman–Crippen MR) is 89.6 cm³/mol. The van der Waals surface area contributed by atoms with Gasteiger partial charge >= 0.3 is 0 Å². The molecule has 9 heteroatoms. The number of hydrogen-bond acceptors (Lipinski definition) is 5. The molecule has 0 atom stereocenters. The van der Waals surface area contributed by atoms with Gasteiger partial charge in [-0.15, -0.1) is 0 Å². The Kier molecular flexibility index (Phi) is 5.44. The van der Waals surface area contributed by atoms with Crippen LogP contribution in [0.5, 0.6) is 5.75 Å². The fourth-order valence-corrected chi connectivity index (χ4v) is 2.62. The highest BCUT2D eigenvalue weighted by molar-refractivity contribution is 5.79. The number of fused-ring (bicyclic) bond motifs is 1. The van der Waals surface area contributed by atoms with Gasteiger partial charge in [-0.05, 0) is 24.1 Å². The number of ether oxygens (including phenoxy) is 2. The molecular formula is C16H21FN6O2. The van der Waals surface area contributed by atoms with Crippen LogP contribution in [0.15, 0.2) is 23.5 Å². The fourth-order valence-electron chi connectivity index (χ4n) is 2.62. The maximum Gasteiger partial charge on any atom is 0.191 e. The van der Waals surface area contributed by atoms with E-state index in [1.807, 2.05) is 7.05 Å². The molecule has 25 heavy (non-hydrogen) atoms. The number of benzene rings is 1. The normalized spacial score (nSPS) is 14.0. The summed E-state index contributed by atoms with van der Waals surface area (Å²) in [6.45, 7) is 1.65. The molecule has 1 aromatic carbocycles. The Bertz CT molecular complexity index is 761. The lowest BCUT2D eigenvalue weighted by atomic mass is 10.1. The minimum absolute atomic E-state index is 0.194. The molecule has 1 aromatic heterocycles. The predicted octanol–water partition coefficient (Wildman–Crippen LogP) is 0.728. The Morgan fingerprint density at radius 2 is 2.28 bits per heavy atom. The number of aliphatic imine (C=N–C) groups is 1. The van der Waals surface area contributed by atoms with Crippen molar-refractivity contribution in [2.75, 3.05) is 20.4 Å². The number of halogens is 1. The van der Waals surface area contributed by atoms with E-state index in [2.05, 4.69) is 25.7 Å². The zero-order chi connectivity index (χ0) is 17.6. The van der Waals surface area contributed by atoms with Crippen LogP contribution in [-0.2, 0) is 31.4 Å². The van der Waals surface area contributed by atoms with Crippen molar-refractivity contribution < 1.29 is 13.9 Å². The van der Waals surface area contributed by atoms with E-state index < -0.39 is 0 Å². The molecule has 0 radical (unpaired) electrons. The van der Waals surface area contributed by atoms with E-state index in [4.69, 9.17) is 9.47 Å². The van der Waals surface area contributed by atoms with Gasteiger partial charge in [-0.2, -0.15) is 5.10 Å². The molecule has 0 unspecified atom stereocenters. The zero-order valence-electron chi connectivity index (χ0n) is 14.3. The Morgan fingerprint density at radius 3 is 3.04 bits per heavy atom. The van der Waals surface area contributed by atoms with Crippen LogP contribution in [0.25, 0.3) is 0 Å². The minimum atomic E-state index is -0.285. The number of aryl methyl sites for hydroxylation is 1. The van der Waals surface area contributed by atoms with Crippen LogP contribution in [0.4, 0.5) is 4.39 Å². The third-order valence-corrected chi connectivity index (χ3v) is 3.88. The molecule has 2 aromatic rings. The SMILES string of the molecule is CN=C(NCCc1cc(F)cc2c1OCOC2)NCc1ncnn1C. The topological polar surface area (TPSA) is 85.6 Å². The van der Waals surface area contributed by atoms with Crippen molar-refractivity contribution in [3.05, 3.63) is 41.2 Å². The first-order valence-electron chi connectivity index (χ1n) is 7.96. The second-order valence-corrected chi connectivity index (χ2v) is 5.57. The molecule has 1 aliphatic heterocycles. The Balaban J connectivity index is 1.55. The molecule has 134 valence electrons. The second kappa shape index (κ2) is 7.93. The molecule has 1 aliphatic rings. The van der Waals surface area contributed by atoms with Crippen LogP contribution in [0, 0.1) is 5.82 Å². The van der Waals surface area contributed by atoms with Crippen LogP contribution >= 0.6 is 0 Å². The number of nitrogens with one attached hydrogen (secondary N) is 2. The van der Waals surface area contributed by atoms with Crippen LogP contribution < -0.4 is 15.4 Å². The molecule has 0 spiro atoms. The van der Waals surface area contributed by atoms with Crippen molar-refractivity contribution in [1.29, 1.82) is 0 Å². The number of aromatic nitrogens is 3. The summed E-state index contributed by atoms with van der Waals surface area (Å²) in [5.74, 6) is 1.87. The first-order valence-corrected chi connectivity index (χ1v) is 7.96. The maximum atomic E-state index is 13.7. The molecule has 0 bridgehead atoms. The monoisotopic (exact) mass is 348 g/mol. The maximum absolute atomic E-state index is 13.7. The van der Waals surface area contributed by atoms with E-state index in [9.17, 15) is 4.39 Å². The van der Waals surface area contributed by atoms with E-state index in [1.54, 1.807) is 11.7 Å². The lowest BCUT2D eigenvalue weighted by Crippen LogP contribution is -2.38. The average Bonchev–Trinajstić information content (AvgIpc) is 3.02. The van der Waals surface area contributed by atoms with Gasteiger partial charge in [-0.25, -0.2) is 9.37 Å². The first kappa shape index (κ1) is 17.2. The van der Waals surface area contributed by atoms with Crippen molar-refractivity contribution in [2.45, 2.75) is 19.6 Å². The summed E-state index contributed by atoms with van der Waals surface area (Å²) in [5, 5.41) is 10.4. The van der Waals surface area contributed by atoms with Crippen LogP contribution in [0.1, 0.15) is 17.0 Å². The minimum Gasteiger partial charge on any atom is -0.467 e. The van der Waals surface area contributed by atoms with Gasteiger partial charge in [0.05, 0.1) is 13.2 Å². The van der Waals surface area contributed by atoms with Gasteiger partial charge in [-0.1, -0.05) is 0 Å². The standard InChI is InChI=1S/C16H21FN6O2/c1-18-16(20-7-14-21-9-22-23(14)2)19-4-3-11-5-13(17)6-12-8-24-10-25-15(11)12/h5-6,9H,3-4,7-8,10H2,1-2H3,(H2,18,19,20). The molecule has 2 N–H and O–H groups in total. The zero-order valence-corrected chi connectivity index (χ0v) is 14.3. The number of guanidine groups is 1. The molecule has 0 aliphatic carbocycles. The summed E-state index contributed by atoms with van der Waals surface area (Å²) in [7, 11) is 3.52. The summed E-state index contributed by atoms with van der Waals surface area (Å²) in [5.41, 5.74) is 1.56. The molecule has 0 saturated heterocycles. The van der Waals surface area contributed by atoms with Crippen molar-refractivity contribution in [1.82, 2.24) is 25.4 Å². The smallest absolute Gasteiger partial charge is 0.191 e. The molecule has 0 saturated carbocycles. The summed E-state index contributed by atoms with van der Waals surface area (Å²) in [6.07, 6.45) is 2.11. The summed E-state index contributed by atoms with van der Waals surface area (Å²) in [4.78, 5) is 8.31. The second-order valence-electron chi connectivity index (χ2n) is 5.57. The van der Waals surface area contributed by atoms with Crippen molar-refractivity contribution in [2.24, 2.45) is 12.0 Å². The first-order chi connectivity index (χ1) is 12.2. The molecule has 8 nitrogen and oxygen atoms in total. The van der Waals surface area contributed by atoms with Crippen LogP contribution in [0.3, 0.4) is 0 Å². The third-order valence-electron chi connectivity index (χ3n) is 3.88. The Labute approximate surface area is 145 Å². The highest BCUT2D eigenvalue weighted by Crippen LogP contribution is 2.29. The van der Waals surface area contributed by atoms with Gasteiger partial charge in [0.1, 0.15) is 23.7 Å². The summed E-state index contributed by atoms with van der Waals surface area (Å²) in [6, 6.07) is 2.95. The average molecular weight is 348 g/mol. The fraction of sp³-hybridized carbons (Fsp3) is 0.438. The van der Waals surface area contributed by atoms with Crippen LogP contribution in [-0.4, -0.2) is 41.1 Å². The number of hydrogen-bond donors (Lipinski definition) is 2. The number of rotatable bonds is 5. The van der Waals surface area contributed by atoms with Gasteiger partial charge in [0.2, 0.25) is 0 Å². The highest BCUT2D eigenvalue weighted by atomic mass is 19.1. The Morgan fingerprint density at radius 1 is 1.40 bits per heavy atom. The van der Waals surface area contributed by atoms with Gasteiger partial charge < -0.3 is 20.1 Å². The van der Waals surface area contributed by atoms with E-state index >= 15 is 0 Å². The Hall–Kier alpha value is -2.68. The van der Waals surface area contributed by atoms with E-state index in [0.29, 0.717) is 32.1 Å².